The van der Waals surface area contributed by atoms with E-state index in [9.17, 15) is 18.0 Å². The Hall–Kier alpha value is -3.62. The molecule has 0 spiro atoms. The monoisotopic (exact) mass is 388 g/mol. The van der Waals surface area contributed by atoms with Gasteiger partial charge in [0.25, 0.3) is 0 Å². The maximum absolute atomic E-state index is 12.1. The SMILES string of the molecule is Cc1c(NC(=O)C=Cc2ccc(OC(F)(F)F)cc2)n[nH]c1-c1ccncc1. The summed E-state index contributed by atoms with van der Waals surface area (Å²) >= 11 is 0. The summed E-state index contributed by atoms with van der Waals surface area (Å²) in [5.41, 5.74) is 2.96. The quantitative estimate of drug-likeness (QED) is 0.638. The van der Waals surface area contributed by atoms with E-state index in [4.69, 9.17) is 0 Å². The van der Waals surface area contributed by atoms with Gasteiger partial charge in [0.15, 0.2) is 5.82 Å². The molecule has 3 aromatic rings. The van der Waals surface area contributed by atoms with Crippen LogP contribution in [0.2, 0.25) is 0 Å². The molecule has 0 aliphatic carbocycles. The van der Waals surface area contributed by atoms with Gasteiger partial charge >= 0.3 is 6.36 Å². The Morgan fingerprint density at radius 2 is 1.82 bits per heavy atom. The number of aromatic nitrogens is 3. The van der Waals surface area contributed by atoms with Gasteiger partial charge in [0, 0.05) is 29.6 Å². The van der Waals surface area contributed by atoms with Gasteiger partial charge in [-0.05, 0) is 42.8 Å². The summed E-state index contributed by atoms with van der Waals surface area (Å²) in [5, 5.41) is 9.63. The highest BCUT2D eigenvalue weighted by molar-refractivity contribution is 6.02. The highest BCUT2D eigenvalue weighted by atomic mass is 19.4. The lowest BCUT2D eigenvalue weighted by molar-refractivity contribution is -0.274. The van der Waals surface area contributed by atoms with Gasteiger partial charge in [-0.3, -0.25) is 14.9 Å². The highest BCUT2D eigenvalue weighted by Crippen LogP contribution is 2.25. The van der Waals surface area contributed by atoms with E-state index in [1.54, 1.807) is 12.4 Å². The molecule has 1 aromatic carbocycles. The van der Waals surface area contributed by atoms with Crippen molar-refractivity contribution in [3.05, 3.63) is 66.0 Å². The molecule has 2 N–H and O–H groups in total. The fourth-order valence-corrected chi connectivity index (χ4v) is 2.43. The number of ether oxygens (including phenoxy) is 1. The minimum Gasteiger partial charge on any atom is -0.406 e. The number of hydrogen-bond acceptors (Lipinski definition) is 4. The third kappa shape index (κ3) is 4.97. The van der Waals surface area contributed by atoms with E-state index >= 15 is 0 Å². The smallest absolute Gasteiger partial charge is 0.406 e. The average Bonchev–Trinajstić information content (AvgIpc) is 3.01. The van der Waals surface area contributed by atoms with Gasteiger partial charge in [0.2, 0.25) is 5.91 Å². The first-order valence-electron chi connectivity index (χ1n) is 8.12. The summed E-state index contributed by atoms with van der Waals surface area (Å²) in [6.45, 7) is 1.82. The molecule has 0 bridgehead atoms. The van der Waals surface area contributed by atoms with Crippen LogP contribution in [0.1, 0.15) is 11.1 Å². The van der Waals surface area contributed by atoms with Crippen molar-refractivity contribution in [3.63, 3.8) is 0 Å². The number of aromatic amines is 1. The zero-order chi connectivity index (χ0) is 20.1. The second-order valence-electron chi connectivity index (χ2n) is 5.75. The Bertz CT molecular complexity index is 981. The molecule has 3 rings (SSSR count). The molecule has 0 unspecified atom stereocenters. The molecule has 28 heavy (non-hydrogen) atoms. The van der Waals surface area contributed by atoms with Crippen molar-refractivity contribution in [2.45, 2.75) is 13.3 Å². The Kier molecular flexibility index (Phi) is 5.44. The summed E-state index contributed by atoms with van der Waals surface area (Å²) in [4.78, 5) is 16.1. The van der Waals surface area contributed by atoms with Crippen LogP contribution >= 0.6 is 0 Å². The number of carbonyl (C=O) groups excluding carboxylic acids is 1. The van der Waals surface area contributed by atoms with Crippen molar-refractivity contribution in [1.29, 1.82) is 0 Å². The molecule has 0 aliphatic heterocycles. The summed E-state index contributed by atoms with van der Waals surface area (Å²) in [7, 11) is 0. The molecule has 6 nitrogen and oxygen atoms in total. The fraction of sp³-hybridized carbons (Fsp3) is 0.105. The standard InChI is InChI=1S/C19H15F3N4O2/c1-12-17(14-8-10-23-11-9-14)25-26-18(12)24-16(27)7-4-13-2-5-15(6-3-13)28-19(20,21)22/h2-11H,1H3,(H2,24,25,26,27). The molecule has 144 valence electrons. The number of anilines is 1. The van der Waals surface area contributed by atoms with Gasteiger partial charge in [0.1, 0.15) is 5.75 Å². The minimum absolute atomic E-state index is 0.329. The van der Waals surface area contributed by atoms with Crippen molar-refractivity contribution in [3.8, 4) is 17.0 Å². The fourth-order valence-electron chi connectivity index (χ4n) is 2.43. The second-order valence-corrected chi connectivity index (χ2v) is 5.75. The Labute approximate surface area is 158 Å². The first-order valence-corrected chi connectivity index (χ1v) is 8.12. The molecular weight excluding hydrogens is 373 g/mol. The van der Waals surface area contributed by atoms with Crippen LogP contribution in [-0.2, 0) is 4.79 Å². The summed E-state index contributed by atoms with van der Waals surface area (Å²) < 4.78 is 40.2. The van der Waals surface area contributed by atoms with Crippen molar-refractivity contribution >= 4 is 17.8 Å². The van der Waals surface area contributed by atoms with Crippen molar-refractivity contribution in [2.75, 3.05) is 5.32 Å². The number of hydrogen-bond donors (Lipinski definition) is 2. The van der Waals surface area contributed by atoms with E-state index in [1.165, 1.54) is 36.4 Å². The van der Waals surface area contributed by atoms with Gasteiger partial charge in [-0.25, -0.2) is 0 Å². The topological polar surface area (TPSA) is 79.9 Å². The van der Waals surface area contributed by atoms with Crippen LogP contribution in [0.15, 0.2) is 54.9 Å². The molecule has 0 fully saturated rings. The van der Waals surface area contributed by atoms with E-state index < -0.39 is 12.3 Å². The minimum atomic E-state index is -4.74. The largest absolute Gasteiger partial charge is 0.573 e. The maximum Gasteiger partial charge on any atom is 0.573 e. The number of nitrogens with zero attached hydrogens (tertiary/aromatic N) is 2. The first kappa shape index (κ1) is 19.2. The van der Waals surface area contributed by atoms with Crippen LogP contribution in [-0.4, -0.2) is 27.5 Å². The Morgan fingerprint density at radius 3 is 2.46 bits per heavy atom. The van der Waals surface area contributed by atoms with E-state index in [2.05, 4.69) is 25.2 Å². The van der Waals surface area contributed by atoms with Gasteiger partial charge in [-0.15, -0.1) is 13.2 Å². The number of benzene rings is 1. The van der Waals surface area contributed by atoms with Crippen LogP contribution in [0.5, 0.6) is 5.75 Å². The van der Waals surface area contributed by atoms with Crippen LogP contribution < -0.4 is 10.1 Å². The highest BCUT2D eigenvalue weighted by Gasteiger charge is 2.30. The predicted octanol–water partition coefficient (Wildman–Crippen LogP) is 4.33. The third-order valence-corrected chi connectivity index (χ3v) is 3.76. The first-order chi connectivity index (χ1) is 13.3. The number of carbonyl (C=O) groups is 1. The lowest BCUT2D eigenvalue weighted by atomic mass is 10.1. The number of halogens is 3. The van der Waals surface area contributed by atoms with Crippen LogP contribution in [0.3, 0.4) is 0 Å². The number of H-pyrrole nitrogens is 1. The van der Waals surface area contributed by atoms with Gasteiger partial charge in [-0.2, -0.15) is 5.10 Å². The zero-order valence-corrected chi connectivity index (χ0v) is 14.6. The van der Waals surface area contributed by atoms with Gasteiger partial charge in [0.05, 0.1) is 5.69 Å². The third-order valence-electron chi connectivity index (χ3n) is 3.76. The molecule has 0 saturated heterocycles. The normalized spacial score (nSPS) is 11.6. The summed E-state index contributed by atoms with van der Waals surface area (Å²) in [6.07, 6.45) is 1.30. The van der Waals surface area contributed by atoms with Gasteiger partial charge in [-0.1, -0.05) is 12.1 Å². The molecule has 1 amide bonds. The van der Waals surface area contributed by atoms with Crippen molar-refractivity contribution in [1.82, 2.24) is 15.2 Å². The number of amides is 1. The number of nitrogens with one attached hydrogen (secondary N) is 2. The molecule has 0 saturated carbocycles. The van der Waals surface area contributed by atoms with Crippen LogP contribution in [0, 0.1) is 6.92 Å². The molecule has 0 aliphatic rings. The number of alkyl halides is 3. The Morgan fingerprint density at radius 1 is 1.14 bits per heavy atom. The zero-order valence-electron chi connectivity index (χ0n) is 14.6. The maximum atomic E-state index is 12.1. The molecule has 2 heterocycles. The van der Waals surface area contributed by atoms with E-state index in [-0.39, 0.29) is 5.75 Å². The summed E-state index contributed by atoms with van der Waals surface area (Å²) in [5.74, 6) is -0.369. The lowest BCUT2D eigenvalue weighted by Gasteiger charge is -2.08. The molecular formula is C19H15F3N4O2. The summed E-state index contributed by atoms with van der Waals surface area (Å²) in [6, 6.07) is 8.79. The predicted molar refractivity (Wildman–Crippen MR) is 97.3 cm³/mol. The van der Waals surface area contributed by atoms with Crippen LogP contribution in [0.4, 0.5) is 19.0 Å². The molecule has 0 radical (unpaired) electrons. The van der Waals surface area contributed by atoms with E-state index in [0.717, 1.165) is 16.8 Å². The van der Waals surface area contributed by atoms with Crippen molar-refractivity contribution in [2.24, 2.45) is 0 Å². The lowest BCUT2D eigenvalue weighted by Crippen LogP contribution is -2.16. The number of pyridine rings is 1. The van der Waals surface area contributed by atoms with E-state index in [1.807, 2.05) is 19.1 Å². The molecule has 9 heteroatoms. The second kappa shape index (κ2) is 7.95. The molecule has 0 atom stereocenters. The van der Waals surface area contributed by atoms with E-state index in [0.29, 0.717) is 11.4 Å². The molecule has 2 aromatic heterocycles. The van der Waals surface area contributed by atoms with Crippen molar-refractivity contribution < 1.29 is 22.7 Å². The van der Waals surface area contributed by atoms with Gasteiger partial charge < -0.3 is 10.1 Å². The van der Waals surface area contributed by atoms with Crippen LogP contribution in [0.25, 0.3) is 17.3 Å². The average molecular weight is 388 g/mol. The number of rotatable bonds is 5. The Balaban J connectivity index is 1.64.